The van der Waals surface area contributed by atoms with Crippen molar-refractivity contribution in [2.45, 2.75) is 32.0 Å². The summed E-state index contributed by atoms with van der Waals surface area (Å²) < 4.78 is 0. The lowest BCUT2D eigenvalue weighted by Crippen LogP contribution is -2.63. The molecule has 0 bridgehead atoms. The summed E-state index contributed by atoms with van der Waals surface area (Å²) in [4.78, 5) is 6.70. The molecule has 2 aromatic carbocycles. The van der Waals surface area contributed by atoms with Gasteiger partial charge >= 0.3 is 0 Å². The van der Waals surface area contributed by atoms with Crippen LogP contribution in [0.4, 0.5) is 0 Å². The highest BCUT2D eigenvalue weighted by atomic mass is 16.3. The van der Waals surface area contributed by atoms with E-state index in [0.29, 0.717) is 11.4 Å². The highest BCUT2D eigenvalue weighted by Crippen LogP contribution is 2.50. The predicted octanol–water partition coefficient (Wildman–Crippen LogP) is 4.04. The maximum atomic E-state index is 12.5. The fourth-order valence-corrected chi connectivity index (χ4v) is 5.21. The van der Waals surface area contributed by atoms with Crippen molar-refractivity contribution in [2.75, 3.05) is 20.1 Å². The Labute approximate surface area is 193 Å². The van der Waals surface area contributed by atoms with E-state index in [1.54, 1.807) is 26.2 Å². The molecule has 3 heterocycles. The molecular formula is C27H30N4O2. The number of hydrogen-bond donors (Lipinski definition) is 3. The molecule has 170 valence electrons. The molecule has 0 amide bonds. The van der Waals surface area contributed by atoms with Gasteiger partial charge in [0, 0.05) is 42.0 Å². The lowest BCUT2D eigenvalue weighted by Gasteiger charge is -2.55. The smallest absolute Gasteiger partial charge is 0.124 e. The molecule has 0 unspecified atom stereocenters. The van der Waals surface area contributed by atoms with Gasteiger partial charge in [0.15, 0.2) is 0 Å². The molecule has 33 heavy (non-hydrogen) atoms. The molecule has 3 N–H and O–H groups in total. The molecule has 2 aromatic heterocycles. The number of aliphatic hydroxyl groups is 2. The van der Waals surface area contributed by atoms with E-state index in [1.807, 2.05) is 30.3 Å². The zero-order valence-corrected chi connectivity index (χ0v) is 19.5. The molecule has 6 nitrogen and oxygen atoms in total. The Balaban J connectivity index is 1.65. The van der Waals surface area contributed by atoms with Crippen LogP contribution < -0.4 is 0 Å². The quantitative estimate of drug-likeness (QED) is 0.434. The SMILES string of the molecule is CN1CC(C)([C@@](O)(c2cncc(-c3cc(C(C)(C)O)[nH]n3)c2)c2ccc3ccccc3c2)C1. The van der Waals surface area contributed by atoms with Crippen molar-refractivity contribution in [3.8, 4) is 11.3 Å². The number of rotatable bonds is 5. The van der Waals surface area contributed by atoms with Crippen LogP contribution in [0.15, 0.2) is 67.0 Å². The number of H-pyrrole nitrogens is 1. The number of pyridine rings is 1. The summed E-state index contributed by atoms with van der Waals surface area (Å²) in [6, 6.07) is 18.2. The largest absolute Gasteiger partial charge is 0.384 e. The second kappa shape index (κ2) is 7.48. The Morgan fingerprint density at radius 1 is 0.939 bits per heavy atom. The van der Waals surface area contributed by atoms with Gasteiger partial charge in [-0.15, -0.1) is 0 Å². The van der Waals surface area contributed by atoms with Crippen molar-refractivity contribution in [1.82, 2.24) is 20.1 Å². The first-order chi connectivity index (χ1) is 15.6. The van der Waals surface area contributed by atoms with Crippen LogP contribution in [0.25, 0.3) is 22.0 Å². The second-order valence-corrected chi connectivity index (χ2v) is 10.2. The molecule has 1 saturated heterocycles. The molecule has 1 aliphatic rings. The van der Waals surface area contributed by atoms with Crippen molar-refractivity contribution < 1.29 is 10.2 Å². The molecule has 0 spiro atoms. The number of nitrogens with one attached hydrogen (secondary N) is 1. The van der Waals surface area contributed by atoms with Gasteiger partial charge in [-0.25, -0.2) is 0 Å². The van der Waals surface area contributed by atoms with Gasteiger partial charge in [-0.3, -0.25) is 10.1 Å². The minimum atomic E-state index is -1.23. The number of aromatic amines is 1. The van der Waals surface area contributed by atoms with E-state index in [0.717, 1.165) is 40.6 Å². The number of nitrogens with zero attached hydrogens (tertiary/aromatic N) is 3. The molecule has 5 rings (SSSR count). The molecular weight excluding hydrogens is 412 g/mol. The van der Waals surface area contributed by atoms with Gasteiger partial charge in [0.2, 0.25) is 0 Å². The van der Waals surface area contributed by atoms with Gasteiger partial charge in [0.25, 0.3) is 0 Å². The third-order valence-electron chi connectivity index (χ3n) is 6.97. The molecule has 4 aromatic rings. The van der Waals surface area contributed by atoms with Crippen LogP contribution in [-0.2, 0) is 11.2 Å². The minimum absolute atomic E-state index is 0.381. The maximum Gasteiger partial charge on any atom is 0.124 e. The van der Waals surface area contributed by atoms with Crippen LogP contribution in [0.2, 0.25) is 0 Å². The summed E-state index contributed by atoms with van der Waals surface area (Å²) in [6.45, 7) is 7.10. The van der Waals surface area contributed by atoms with Crippen molar-refractivity contribution in [3.05, 3.63) is 83.8 Å². The van der Waals surface area contributed by atoms with Gasteiger partial charge in [-0.1, -0.05) is 43.3 Å². The minimum Gasteiger partial charge on any atom is -0.384 e. The van der Waals surface area contributed by atoms with Crippen LogP contribution in [0.5, 0.6) is 0 Å². The average molecular weight is 443 g/mol. The maximum absolute atomic E-state index is 12.5. The van der Waals surface area contributed by atoms with Gasteiger partial charge < -0.3 is 15.1 Å². The molecule has 0 aliphatic carbocycles. The summed E-state index contributed by atoms with van der Waals surface area (Å²) in [5.74, 6) is 0. The first kappa shape index (κ1) is 21.8. The summed E-state index contributed by atoms with van der Waals surface area (Å²) in [5.41, 5.74) is 1.05. The standard InChI is InChI=1S/C27H30N4O2/c1-25(2,32)24-13-23(29-30-24)20-12-22(15-28-14-20)27(33,26(3)16-31(4)17-26)21-10-9-18-7-5-6-8-19(18)11-21/h5-15,32-33H,16-17H2,1-4H3,(H,29,30)/t27-/m0/s1. The van der Waals surface area contributed by atoms with E-state index in [1.165, 1.54) is 0 Å². The lowest BCUT2D eigenvalue weighted by atomic mass is 9.62. The molecule has 6 heteroatoms. The van der Waals surface area contributed by atoms with E-state index >= 15 is 0 Å². The zero-order valence-electron chi connectivity index (χ0n) is 19.5. The number of fused-ring (bicyclic) bond motifs is 1. The van der Waals surface area contributed by atoms with E-state index in [2.05, 4.69) is 58.3 Å². The van der Waals surface area contributed by atoms with Crippen molar-refractivity contribution in [3.63, 3.8) is 0 Å². The van der Waals surface area contributed by atoms with Crippen LogP contribution in [0.1, 0.15) is 37.6 Å². The van der Waals surface area contributed by atoms with Gasteiger partial charge in [0.05, 0.1) is 11.4 Å². The van der Waals surface area contributed by atoms with Crippen molar-refractivity contribution in [1.29, 1.82) is 0 Å². The van der Waals surface area contributed by atoms with E-state index in [9.17, 15) is 10.2 Å². The highest BCUT2D eigenvalue weighted by molar-refractivity contribution is 5.83. The Morgan fingerprint density at radius 2 is 1.67 bits per heavy atom. The Morgan fingerprint density at radius 3 is 2.33 bits per heavy atom. The number of benzene rings is 2. The van der Waals surface area contributed by atoms with E-state index in [-0.39, 0.29) is 5.41 Å². The van der Waals surface area contributed by atoms with Gasteiger partial charge in [-0.2, -0.15) is 5.10 Å². The number of hydrogen-bond acceptors (Lipinski definition) is 5. The first-order valence-corrected chi connectivity index (χ1v) is 11.2. The van der Waals surface area contributed by atoms with Crippen molar-refractivity contribution in [2.24, 2.45) is 5.41 Å². The van der Waals surface area contributed by atoms with Crippen LogP contribution in [0.3, 0.4) is 0 Å². The summed E-state index contributed by atoms with van der Waals surface area (Å²) in [7, 11) is 2.07. The normalized spacial score (nSPS) is 18.1. The zero-order chi connectivity index (χ0) is 23.4. The molecule has 0 saturated carbocycles. The number of likely N-dealkylation sites (tertiary alicyclic amines) is 1. The first-order valence-electron chi connectivity index (χ1n) is 11.2. The van der Waals surface area contributed by atoms with Crippen LogP contribution in [-0.4, -0.2) is 50.4 Å². The summed E-state index contributed by atoms with van der Waals surface area (Å²) >= 11 is 0. The predicted molar refractivity (Wildman–Crippen MR) is 130 cm³/mol. The lowest BCUT2D eigenvalue weighted by molar-refractivity contribution is -0.127. The summed E-state index contributed by atoms with van der Waals surface area (Å²) in [6.07, 6.45) is 3.50. The molecule has 0 radical (unpaired) electrons. The topological polar surface area (TPSA) is 85.3 Å². The Kier molecular flexibility index (Phi) is 4.94. The second-order valence-electron chi connectivity index (χ2n) is 10.2. The van der Waals surface area contributed by atoms with Gasteiger partial charge in [-0.05, 0) is 55.4 Å². The third-order valence-corrected chi connectivity index (χ3v) is 6.97. The van der Waals surface area contributed by atoms with E-state index in [4.69, 9.17) is 0 Å². The molecule has 1 fully saturated rings. The third kappa shape index (κ3) is 3.55. The Bertz CT molecular complexity index is 1320. The fraction of sp³-hybridized carbons (Fsp3) is 0.333. The molecule has 1 atom stereocenters. The summed E-state index contributed by atoms with van der Waals surface area (Å²) in [5, 5.41) is 32.3. The monoisotopic (exact) mass is 442 g/mol. The Hall–Kier alpha value is -3.06. The van der Waals surface area contributed by atoms with Crippen molar-refractivity contribution >= 4 is 10.8 Å². The highest BCUT2D eigenvalue weighted by Gasteiger charge is 2.55. The fourth-order valence-electron chi connectivity index (χ4n) is 5.21. The van der Waals surface area contributed by atoms with Gasteiger partial charge in [0.1, 0.15) is 11.2 Å². The van der Waals surface area contributed by atoms with E-state index < -0.39 is 11.2 Å². The molecule has 1 aliphatic heterocycles. The number of aromatic nitrogens is 3. The average Bonchev–Trinajstić information content (AvgIpc) is 3.28. The van der Waals surface area contributed by atoms with Crippen LogP contribution >= 0.6 is 0 Å². The van der Waals surface area contributed by atoms with Crippen LogP contribution in [0, 0.1) is 5.41 Å².